The van der Waals surface area contributed by atoms with E-state index in [1.54, 1.807) is 0 Å². The Morgan fingerprint density at radius 2 is 1.79 bits per heavy atom. The third-order valence-corrected chi connectivity index (χ3v) is 4.55. The van der Waals surface area contributed by atoms with Gasteiger partial charge in [0.1, 0.15) is 0 Å². The molecular weight excluding hydrogens is 254 g/mol. The molecular formula is C17H33ClN. The van der Waals surface area contributed by atoms with Gasteiger partial charge < -0.3 is 4.90 Å². The number of halogens is 1. The van der Waals surface area contributed by atoms with E-state index in [1.807, 2.05) is 0 Å². The van der Waals surface area contributed by atoms with Crippen molar-refractivity contribution in [3.63, 3.8) is 0 Å². The largest absolute Gasteiger partial charge is 0.303 e. The van der Waals surface area contributed by atoms with Crippen LogP contribution in [0.15, 0.2) is 0 Å². The molecule has 1 saturated heterocycles. The summed E-state index contributed by atoms with van der Waals surface area (Å²) in [4.78, 5) is 2.64. The Labute approximate surface area is 126 Å². The molecule has 1 heterocycles. The maximum atomic E-state index is 6.36. The maximum absolute atomic E-state index is 6.36. The molecule has 0 N–H and O–H groups in total. The molecule has 0 aromatic rings. The molecule has 0 aliphatic carbocycles. The predicted octanol–water partition coefficient (Wildman–Crippen LogP) is 5.42. The lowest BCUT2D eigenvalue weighted by molar-refractivity contribution is 0.224. The standard InChI is InChI=1S/C17H33ClN/c1-2-3-4-7-12-17(18)13-8-5-9-14-19-15-10-6-11-16-19/h4,17H,2-3,5-16H2,1H3. The monoisotopic (exact) mass is 286 g/mol. The highest BCUT2D eigenvalue weighted by molar-refractivity contribution is 6.20. The van der Waals surface area contributed by atoms with Crippen molar-refractivity contribution >= 4 is 11.6 Å². The van der Waals surface area contributed by atoms with E-state index in [9.17, 15) is 0 Å². The van der Waals surface area contributed by atoms with Gasteiger partial charge in [0.15, 0.2) is 0 Å². The molecule has 1 atom stereocenters. The minimum atomic E-state index is 0.406. The third kappa shape index (κ3) is 9.73. The van der Waals surface area contributed by atoms with Gasteiger partial charge in [0, 0.05) is 5.38 Å². The first-order valence-electron chi connectivity index (χ1n) is 8.51. The van der Waals surface area contributed by atoms with E-state index < -0.39 is 0 Å². The van der Waals surface area contributed by atoms with Crippen LogP contribution in [0.5, 0.6) is 0 Å². The molecule has 0 amide bonds. The topological polar surface area (TPSA) is 3.24 Å². The summed E-state index contributed by atoms with van der Waals surface area (Å²) < 4.78 is 0. The molecule has 1 fully saturated rings. The van der Waals surface area contributed by atoms with E-state index in [1.165, 1.54) is 90.3 Å². The third-order valence-electron chi connectivity index (χ3n) is 4.12. The van der Waals surface area contributed by atoms with Crippen molar-refractivity contribution in [2.45, 2.75) is 82.9 Å². The molecule has 0 spiro atoms. The van der Waals surface area contributed by atoms with E-state index in [0.717, 1.165) is 0 Å². The highest BCUT2D eigenvalue weighted by Crippen LogP contribution is 2.17. The molecule has 0 saturated carbocycles. The average Bonchev–Trinajstić information content (AvgIpc) is 2.44. The Bertz CT molecular complexity index is 190. The molecule has 0 bridgehead atoms. The van der Waals surface area contributed by atoms with E-state index in [4.69, 9.17) is 11.6 Å². The van der Waals surface area contributed by atoms with Crippen LogP contribution in [0.4, 0.5) is 0 Å². The first kappa shape index (κ1) is 17.3. The van der Waals surface area contributed by atoms with Gasteiger partial charge in [-0.05, 0) is 64.6 Å². The second-order valence-electron chi connectivity index (χ2n) is 6.00. The Morgan fingerprint density at radius 3 is 2.53 bits per heavy atom. The number of rotatable bonds is 11. The minimum absolute atomic E-state index is 0.406. The number of alkyl halides is 1. The Balaban J connectivity index is 1.83. The van der Waals surface area contributed by atoms with Crippen LogP contribution in [-0.2, 0) is 0 Å². The predicted molar refractivity (Wildman–Crippen MR) is 86.8 cm³/mol. The summed E-state index contributed by atoms with van der Waals surface area (Å²) in [7, 11) is 0. The summed E-state index contributed by atoms with van der Waals surface area (Å²) in [6.45, 7) is 6.23. The highest BCUT2D eigenvalue weighted by Gasteiger charge is 2.09. The number of nitrogens with zero attached hydrogens (tertiary/aromatic N) is 1. The lowest BCUT2D eigenvalue weighted by Gasteiger charge is -2.26. The van der Waals surface area contributed by atoms with E-state index in [-0.39, 0.29) is 0 Å². The van der Waals surface area contributed by atoms with Gasteiger partial charge in [0.2, 0.25) is 0 Å². The number of unbranched alkanes of at least 4 members (excludes halogenated alkanes) is 5. The van der Waals surface area contributed by atoms with Crippen LogP contribution in [0.3, 0.4) is 0 Å². The van der Waals surface area contributed by atoms with Crippen molar-refractivity contribution in [1.29, 1.82) is 0 Å². The second-order valence-corrected chi connectivity index (χ2v) is 6.62. The summed E-state index contributed by atoms with van der Waals surface area (Å²) >= 11 is 6.36. The molecule has 1 rings (SSSR count). The first-order chi connectivity index (χ1) is 9.33. The first-order valence-corrected chi connectivity index (χ1v) is 8.94. The zero-order chi connectivity index (χ0) is 13.8. The lowest BCUT2D eigenvalue weighted by atomic mass is 10.1. The van der Waals surface area contributed by atoms with Crippen molar-refractivity contribution in [1.82, 2.24) is 4.90 Å². The van der Waals surface area contributed by atoms with Gasteiger partial charge in [-0.15, -0.1) is 11.6 Å². The summed E-state index contributed by atoms with van der Waals surface area (Å²) in [5.41, 5.74) is 0. The van der Waals surface area contributed by atoms with Crippen LogP contribution in [0.2, 0.25) is 0 Å². The maximum Gasteiger partial charge on any atom is 0.0336 e. The summed E-state index contributed by atoms with van der Waals surface area (Å²) in [6, 6.07) is 0. The Kier molecular flexibility index (Phi) is 11.0. The number of likely N-dealkylation sites (tertiary alicyclic amines) is 1. The zero-order valence-electron chi connectivity index (χ0n) is 12.9. The fourth-order valence-corrected chi connectivity index (χ4v) is 3.13. The molecule has 113 valence electrons. The van der Waals surface area contributed by atoms with E-state index in [0.29, 0.717) is 5.38 Å². The van der Waals surface area contributed by atoms with Gasteiger partial charge in [0.05, 0.1) is 0 Å². The van der Waals surface area contributed by atoms with Crippen LogP contribution < -0.4 is 0 Å². The number of hydrogen-bond acceptors (Lipinski definition) is 1. The van der Waals surface area contributed by atoms with Crippen LogP contribution in [-0.4, -0.2) is 29.9 Å². The Morgan fingerprint density at radius 1 is 1.00 bits per heavy atom. The molecule has 0 aromatic heterocycles. The zero-order valence-corrected chi connectivity index (χ0v) is 13.6. The summed E-state index contributed by atoms with van der Waals surface area (Å²) in [5.74, 6) is 0. The SMILES string of the molecule is CCC[CH]CCC(Cl)CCCCCN1CCCCC1. The molecule has 1 aliphatic heterocycles. The van der Waals surface area contributed by atoms with Gasteiger partial charge in [-0.1, -0.05) is 39.0 Å². The summed E-state index contributed by atoms with van der Waals surface area (Å²) in [5, 5.41) is 0.406. The fourth-order valence-electron chi connectivity index (χ4n) is 2.85. The second kappa shape index (κ2) is 12.0. The van der Waals surface area contributed by atoms with Crippen LogP contribution in [0, 0.1) is 6.42 Å². The molecule has 1 unspecified atom stereocenters. The number of hydrogen-bond donors (Lipinski definition) is 0. The van der Waals surface area contributed by atoms with Crippen LogP contribution in [0.25, 0.3) is 0 Å². The average molecular weight is 287 g/mol. The van der Waals surface area contributed by atoms with Crippen molar-refractivity contribution in [2.24, 2.45) is 0 Å². The quantitative estimate of drug-likeness (QED) is 0.362. The van der Waals surface area contributed by atoms with Gasteiger partial charge in [0.25, 0.3) is 0 Å². The highest BCUT2D eigenvalue weighted by atomic mass is 35.5. The van der Waals surface area contributed by atoms with Crippen LogP contribution >= 0.6 is 11.6 Å². The minimum Gasteiger partial charge on any atom is -0.303 e. The van der Waals surface area contributed by atoms with E-state index >= 15 is 0 Å². The molecule has 1 nitrogen and oxygen atoms in total. The van der Waals surface area contributed by atoms with Crippen molar-refractivity contribution in [2.75, 3.05) is 19.6 Å². The molecule has 1 radical (unpaired) electrons. The van der Waals surface area contributed by atoms with E-state index in [2.05, 4.69) is 18.2 Å². The molecule has 0 aromatic carbocycles. The van der Waals surface area contributed by atoms with Gasteiger partial charge in [-0.2, -0.15) is 0 Å². The van der Waals surface area contributed by atoms with Gasteiger partial charge in [-0.25, -0.2) is 0 Å². The molecule has 1 aliphatic rings. The smallest absolute Gasteiger partial charge is 0.0336 e. The van der Waals surface area contributed by atoms with Crippen molar-refractivity contribution in [3.8, 4) is 0 Å². The van der Waals surface area contributed by atoms with Crippen molar-refractivity contribution < 1.29 is 0 Å². The number of piperidine rings is 1. The van der Waals surface area contributed by atoms with Crippen LogP contribution in [0.1, 0.15) is 77.6 Å². The molecule has 19 heavy (non-hydrogen) atoms. The molecule has 2 heteroatoms. The fraction of sp³-hybridized carbons (Fsp3) is 0.941. The van der Waals surface area contributed by atoms with Crippen molar-refractivity contribution in [3.05, 3.63) is 6.42 Å². The summed E-state index contributed by atoms with van der Waals surface area (Å²) in [6.07, 6.45) is 16.8. The van der Waals surface area contributed by atoms with Gasteiger partial charge >= 0.3 is 0 Å². The van der Waals surface area contributed by atoms with Gasteiger partial charge in [-0.3, -0.25) is 0 Å². The lowest BCUT2D eigenvalue weighted by Crippen LogP contribution is -2.30. The normalized spacial score (nSPS) is 18.6. The Hall–Kier alpha value is 0.250.